The van der Waals surface area contributed by atoms with Crippen molar-refractivity contribution in [2.75, 3.05) is 0 Å². The molecule has 66 valence electrons. The van der Waals surface area contributed by atoms with Gasteiger partial charge in [-0.3, -0.25) is 4.99 Å². The van der Waals surface area contributed by atoms with Crippen molar-refractivity contribution in [2.45, 2.75) is 20.3 Å². The molecule has 0 radical (unpaired) electrons. The molecule has 0 saturated heterocycles. The molecule has 1 heterocycles. The van der Waals surface area contributed by atoms with Gasteiger partial charge in [-0.2, -0.15) is 0 Å². The molecule has 0 saturated carbocycles. The van der Waals surface area contributed by atoms with Crippen LogP contribution in [-0.2, 0) is 0 Å². The summed E-state index contributed by atoms with van der Waals surface area (Å²) in [4.78, 5) is 4.32. The Labute approximate surface area is 78.8 Å². The number of nitrogens with zero attached hydrogens (tertiary/aromatic N) is 1. The summed E-state index contributed by atoms with van der Waals surface area (Å²) in [5, 5.41) is 0. The van der Waals surface area contributed by atoms with Gasteiger partial charge in [0.25, 0.3) is 0 Å². The summed E-state index contributed by atoms with van der Waals surface area (Å²) in [5.41, 5.74) is 5.07. The number of allylic oxidation sites excluding steroid dienone is 1. The number of aryl methyl sites for hydroxylation is 2. The molecular weight excluding hydrogens is 158 g/mol. The van der Waals surface area contributed by atoms with Crippen LogP contribution in [0.1, 0.15) is 23.1 Å². The Balaban J connectivity index is 2.40. The predicted molar refractivity (Wildman–Crippen MR) is 56.2 cm³/mol. The number of aliphatic imine (C=N–C) groups is 1. The van der Waals surface area contributed by atoms with Crippen molar-refractivity contribution in [3.05, 3.63) is 47.2 Å². The van der Waals surface area contributed by atoms with Gasteiger partial charge in [0.15, 0.2) is 0 Å². The van der Waals surface area contributed by atoms with Gasteiger partial charge in [-0.15, -0.1) is 0 Å². The highest BCUT2D eigenvalue weighted by Crippen LogP contribution is 2.14. The summed E-state index contributed by atoms with van der Waals surface area (Å²) in [7, 11) is 0. The molecule has 1 aliphatic heterocycles. The minimum absolute atomic E-state index is 0.975. The van der Waals surface area contributed by atoms with Crippen LogP contribution < -0.4 is 0 Å². The molecule has 0 N–H and O–H groups in total. The molecule has 1 aromatic carbocycles. The van der Waals surface area contributed by atoms with Crippen molar-refractivity contribution in [2.24, 2.45) is 4.99 Å². The van der Waals surface area contributed by atoms with E-state index in [2.05, 4.69) is 43.1 Å². The zero-order chi connectivity index (χ0) is 9.26. The Hall–Kier alpha value is -1.37. The quantitative estimate of drug-likeness (QED) is 0.616. The fourth-order valence-electron chi connectivity index (χ4n) is 1.69. The summed E-state index contributed by atoms with van der Waals surface area (Å²) in [5.74, 6) is 0. The summed E-state index contributed by atoms with van der Waals surface area (Å²) < 4.78 is 0. The first kappa shape index (κ1) is 8.24. The molecule has 13 heavy (non-hydrogen) atoms. The second-order valence-electron chi connectivity index (χ2n) is 3.54. The van der Waals surface area contributed by atoms with Crippen LogP contribution in [0.5, 0.6) is 0 Å². The van der Waals surface area contributed by atoms with E-state index in [9.17, 15) is 0 Å². The molecule has 1 heteroatoms. The number of hydrogen-bond acceptors (Lipinski definition) is 1. The van der Waals surface area contributed by atoms with Gasteiger partial charge < -0.3 is 0 Å². The third kappa shape index (κ3) is 1.69. The van der Waals surface area contributed by atoms with Crippen molar-refractivity contribution >= 4 is 5.71 Å². The lowest BCUT2D eigenvalue weighted by Crippen LogP contribution is -1.97. The minimum atomic E-state index is 0.975. The molecule has 2 rings (SSSR count). The minimum Gasteiger partial charge on any atom is -0.261 e. The normalized spacial score (nSPS) is 14.8. The Morgan fingerprint density at radius 2 is 1.77 bits per heavy atom. The second-order valence-corrected chi connectivity index (χ2v) is 3.54. The lowest BCUT2D eigenvalue weighted by molar-refractivity contribution is 1.36. The van der Waals surface area contributed by atoms with Crippen molar-refractivity contribution in [3.63, 3.8) is 0 Å². The zero-order valence-corrected chi connectivity index (χ0v) is 8.04. The van der Waals surface area contributed by atoms with E-state index >= 15 is 0 Å². The van der Waals surface area contributed by atoms with Gasteiger partial charge in [-0.25, -0.2) is 0 Å². The summed E-state index contributed by atoms with van der Waals surface area (Å²) in [6, 6.07) is 6.57. The van der Waals surface area contributed by atoms with Gasteiger partial charge in [-0.1, -0.05) is 35.4 Å². The van der Waals surface area contributed by atoms with E-state index in [1.54, 1.807) is 0 Å². The van der Waals surface area contributed by atoms with Gasteiger partial charge in [0.1, 0.15) is 0 Å². The predicted octanol–water partition coefficient (Wildman–Crippen LogP) is 3.01. The Bertz CT molecular complexity index is 366. The largest absolute Gasteiger partial charge is 0.261 e. The number of hydrogen-bond donors (Lipinski definition) is 0. The third-order valence-electron chi connectivity index (χ3n) is 2.20. The molecule has 0 amide bonds. The summed E-state index contributed by atoms with van der Waals surface area (Å²) in [6.45, 7) is 4.25. The number of rotatable bonds is 1. The van der Waals surface area contributed by atoms with Crippen LogP contribution in [0.15, 0.2) is 35.5 Å². The maximum absolute atomic E-state index is 4.32. The maximum Gasteiger partial charge on any atom is 0.0514 e. The highest BCUT2D eigenvalue weighted by atomic mass is 14.7. The Morgan fingerprint density at radius 1 is 1.08 bits per heavy atom. The fraction of sp³-hybridized carbons (Fsp3) is 0.250. The monoisotopic (exact) mass is 171 g/mol. The smallest absolute Gasteiger partial charge is 0.0514 e. The Morgan fingerprint density at radius 3 is 2.31 bits per heavy atom. The SMILES string of the molecule is Cc1cc(C)cc(C2=NC=CC2)c1. The maximum atomic E-state index is 4.32. The van der Waals surface area contributed by atoms with Crippen molar-refractivity contribution < 1.29 is 0 Å². The van der Waals surface area contributed by atoms with Crippen molar-refractivity contribution in [1.29, 1.82) is 0 Å². The average molecular weight is 171 g/mol. The Kier molecular flexibility index (Phi) is 2.01. The topological polar surface area (TPSA) is 12.4 Å². The molecule has 0 aliphatic carbocycles. The van der Waals surface area contributed by atoms with Crippen LogP contribution in [-0.4, -0.2) is 5.71 Å². The molecule has 0 fully saturated rings. The number of benzene rings is 1. The van der Waals surface area contributed by atoms with Gasteiger partial charge >= 0.3 is 0 Å². The molecule has 0 atom stereocenters. The molecule has 0 unspecified atom stereocenters. The third-order valence-corrected chi connectivity index (χ3v) is 2.20. The first-order chi connectivity index (χ1) is 6.25. The fourth-order valence-corrected chi connectivity index (χ4v) is 1.69. The first-order valence-corrected chi connectivity index (χ1v) is 4.56. The molecule has 0 aromatic heterocycles. The summed E-state index contributed by atoms with van der Waals surface area (Å²) in [6.07, 6.45) is 4.95. The molecule has 1 nitrogen and oxygen atoms in total. The molecule has 1 aromatic rings. The van der Waals surface area contributed by atoms with Gasteiger partial charge in [0.2, 0.25) is 0 Å². The standard InChI is InChI=1S/C12H13N/c1-9-6-10(2)8-11(7-9)12-4-3-5-13-12/h3,5-8H,4H2,1-2H3. The van der Waals surface area contributed by atoms with Crippen LogP contribution in [0.3, 0.4) is 0 Å². The van der Waals surface area contributed by atoms with Crippen LogP contribution >= 0.6 is 0 Å². The van der Waals surface area contributed by atoms with Crippen LogP contribution in [0.25, 0.3) is 0 Å². The van der Waals surface area contributed by atoms with Gasteiger partial charge in [0, 0.05) is 12.6 Å². The zero-order valence-electron chi connectivity index (χ0n) is 8.04. The van der Waals surface area contributed by atoms with E-state index < -0.39 is 0 Å². The van der Waals surface area contributed by atoms with Crippen molar-refractivity contribution in [1.82, 2.24) is 0 Å². The first-order valence-electron chi connectivity index (χ1n) is 4.56. The van der Waals surface area contributed by atoms with E-state index in [0.717, 1.165) is 6.42 Å². The van der Waals surface area contributed by atoms with E-state index in [4.69, 9.17) is 0 Å². The van der Waals surface area contributed by atoms with Crippen LogP contribution in [0.4, 0.5) is 0 Å². The van der Waals surface area contributed by atoms with Crippen LogP contribution in [0.2, 0.25) is 0 Å². The van der Waals surface area contributed by atoms with E-state index in [1.807, 2.05) is 6.20 Å². The summed E-state index contributed by atoms with van der Waals surface area (Å²) >= 11 is 0. The highest BCUT2D eigenvalue weighted by Gasteiger charge is 2.05. The molecular formula is C12H13N. The van der Waals surface area contributed by atoms with E-state index in [0.29, 0.717) is 0 Å². The second kappa shape index (κ2) is 3.17. The van der Waals surface area contributed by atoms with Gasteiger partial charge in [-0.05, 0) is 19.4 Å². The lowest BCUT2D eigenvalue weighted by atomic mass is 10.0. The molecule has 0 spiro atoms. The van der Waals surface area contributed by atoms with E-state index in [1.165, 1.54) is 22.4 Å². The molecule has 0 bridgehead atoms. The average Bonchev–Trinajstić information content (AvgIpc) is 2.53. The van der Waals surface area contributed by atoms with E-state index in [-0.39, 0.29) is 0 Å². The van der Waals surface area contributed by atoms with Crippen molar-refractivity contribution in [3.8, 4) is 0 Å². The highest BCUT2D eigenvalue weighted by molar-refractivity contribution is 6.03. The van der Waals surface area contributed by atoms with Gasteiger partial charge in [0.05, 0.1) is 5.71 Å². The molecule has 1 aliphatic rings. The lowest BCUT2D eigenvalue weighted by Gasteiger charge is -2.03. The van der Waals surface area contributed by atoms with Crippen LogP contribution in [0, 0.1) is 13.8 Å².